The van der Waals surface area contributed by atoms with E-state index in [1.807, 2.05) is 0 Å². The molecule has 1 N–H and O–H groups in total. The van der Waals surface area contributed by atoms with E-state index in [9.17, 15) is 0 Å². The van der Waals surface area contributed by atoms with Gasteiger partial charge in [-0.1, -0.05) is 36.8 Å². The second kappa shape index (κ2) is 6.72. The number of nitrogens with one attached hydrogen (secondary N) is 1. The molecule has 0 radical (unpaired) electrons. The van der Waals surface area contributed by atoms with Crippen molar-refractivity contribution in [1.29, 1.82) is 0 Å². The van der Waals surface area contributed by atoms with Gasteiger partial charge in [0.15, 0.2) is 0 Å². The Labute approximate surface area is 114 Å². The zero-order valence-corrected chi connectivity index (χ0v) is 12.0. The molecule has 1 unspecified atom stereocenters. The van der Waals surface area contributed by atoms with Gasteiger partial charge < -0.3 is 5.32 Å². The van der Waals surface area contributed by atoms with Crippen LogP contribution in [0.15, 0.2) is 41.1 Å². The van der Waals surface area contributed by atoms with E-state index in [4.69, 9.17) is 0 Å². The summed E-state index contributed by atoms with van der Waals surface area (Å²) >= 11 is 1.77. The quantitative estimate of drug-likeness (QED) is 0.813. The summed E-state index contributed by atoms with van der Waals surface area (Å²) in [4.78, 5) is 0. The summed E-state index contributed by atoms with van der Waals surface area (Å²) in [6, 6.07) is 11.5. The number of hydrogen-bond acceptors (Lipinski definition) is 2. The maximum atomic E-state index is 3.64. The lowest BCUT2D eigenvalue weighted by molar-refractivity contribution is 0.530. The molecule has 2 aromatic rings. The molecule has 0 bridgehead atoms. The molecule has 96 valence electrons. The largest absolute Gasteiger partial charge is 0.310 e. The molecule has 18 heavy (non-hydrogen) atoms. The third kappa shape index (κ3) is 3.69. The molecule has 1 aromatic carbocycles. The molecule has 0 aliphatic heterocycles. The van der Waals surface area contributed by atoms with Crippen molar-refractivity contribution in [3.63, 3.8) is 0 Å². The van der Waals surface area contributed by atoms with Crippen LogP contribution in [0.1, 0.15) is 36.1 Å². The van der Waals surface area contributed by atoms with Crippen LogP contribution in [-0.2, 0) is 6.42 Å². The third-order valence-corrected chi connectivity index (χ3v) is 3.85. The van der Waals surface area contributed by atoms with Crippen LogP contribution in [0.4, 0.5) is 0 Å². The Kier molecular flexibility index (Phi) is 4.97. The second-order valence-corrected chi connectivity index (χ2v) is 5.53. The minimum Gasteiger partial charge on any atom is -0.310 e. The SMILES string of the molecule is CCCNC(Cc1ccc(C)cc1)c1ccsc1. The standard InChI is InChI=1S/C16H21NS/c1-3-9-17-16(15-8-10-18-12-15)11-14-6-4-13(2)5-7-14/h4-8,10,12,16-17H,3,9,11H2,1-2H3. The van der Waals surface area contributed by atoms with Gasteiger partial charge in [-0.3, -0.25) is 0 Å². The van der Waals surface area contributed by atoms with E-state index in [0.29, 0.717) is 6.04 Å². The van der Waals surface area contributed by atoms with Crippen LogP contribution >= 0.6 is 11.3 Å². The molecule has 0 aliphatic carbocycles. The van der Waals surface area contributed by atoms with Crippen LogP contribution < -0.4 is 5.32 Å². The Balaban J connectivity index is 2.07. The highest BCUT2D eigenvalue weighted by atomic mass is 32.1. The molecule has 2 rings (SSSR count). The van der Waals surface area contributed by atoms with Crippen molar-refractivity contribution in [3.8, 4) is 0 Å². The third-order valence-electron chi connectivity index (χ3n) is 3.15. The summed E-state index contributed by atoms with van der Waals surface area (Å²) in [6.07, 6.45) is 2.24. The fourth-order valence-corrected chi connectivity index (χ4v) is 2.77. The minimum atomic E-state index is 0.443. The van der Waals surface area contributed by atoms with Gasteiger partial charge >= 0.3 is 0 Å². The second-order valence-electron chi connectivity index (χ2n) is 4.75. The maximum absolute atomic E-state index is 3.64. The Morgan fingerprint density at radius 3 is 2.56 bits per heavy atom. The van der Waals surface area contributed by atoms with Gasteiger partial charge in [0.05, 0.1) is 0 Å². The summed E-state index contributed by atoms with van der Waals surface area (Å²) < 4.78 is 0. The number of hydrogen-bond donors (Lipinski definition) is 1. The van der Waals surface area contributed by atoms with Gasteiger partial charge in [-0.15, -0.1) is 0 Å². The smallest absolute Gasteiger partial charge is 0.0369 e. The van der Waals surface area contributed by atoms with Crippen molar-refractivity contribution in [3.05, 3.63) is 57.8 Å². The summed E-state index contributed by atoms with van der Waals surface area (Å²) in [7, 11) is 0. The summed E-state index contributed by atoms with van der Waals surface area (Å²) in [5, 5.41) is 8.05. The normalized spacial score (nSPS) is 12.6. The van der Waals surface area contributed by atoms with Gasteiger partial charge in [-0.2, -0.15) is 11.3 Å². The average molecular weight is 259 g/mol. The molecule has 0 saturated heterocycles. The van der Waals surface area contributed by atoms with E-state index in [1.54, 1.807) is 11.3 Å². The van der Waals surface area contributed by atoms with Crippen molar-refractivity contribution in [2.75, 3.05) is 6.54 Å². The maximum Gasteiger partial charge on any atom is 0.0369 e. The zero-order valence-electron chi connectivity index (χ0n) is 11.1. The van der Waals surface area contributed by atoms with E-state index < -0.39 is 0 Å². The predicted molar refractivity (Wildman–Crippen MR) is 80.2 cm³/mol. The summed E-state index contributed by atoms with van der Waals surface area (Å²) in [5.41, 5.74) is 4.14. The van der Waals surface area contributed by atoms with Crippen LogP contribution in [0.5, 0.6) is 0 Å². The zero-order chi connectivity index (χ0) is 12.8. The molecular weight excluding hydrogens is 238 g/mol. The highest BCUT2D eigenvalue weighted by Crippen LogP contribution is 2.21. The molecule has 1 aromatic heterocycles. The fraction of sp³-hybridized carbons (Fsp3) is 0.375. The topological polar surface area (TPSA) is 12.0 Å². The minimum absolute atomic E-state index is 0.443. The van der Waals surface area contributed by atoms with Crippen molar-refractivity contribution < 1.29 is 0 Å². The van der Waals surface area contributed by atoms with Gasteiger partial charge in [0.2, 0.25) is 0 Å². The average Bonchev–Trinajstić information content (AvgIpc) is 2.90. The number of aryl methyl sites for hydroxylation is 1. The highest BCUT2D eigenvalue weighted by molar-refractivity contribution is 7.07. The Bertz CT molecular complexity index is 444. The molecular formula is C16H21NS. The van der Waals surface area contributed by atoms with E-state index in [1.165, 1.54) is 23.1 Å². The molecule has 2 heteroatoms. The highest BCUT2D eigenvalue weighted by Gasteiger charge is 2.11. The first-order chi connectivity index (χ1) is 8.79. The number of benzene rings is 1. The molecule has 0 aliphatic rings. The molecule has 1 nitrogen and oxygen atoms in total. The first-order valence-electron chi connectivity index (χ1n) is 6.60. The van der Waals surface area contributed by atoms with Crippen LogP contribution in [0, 0.1) is 6.92 Å². The van der Waals surface area contributed by atoms with E-state index in [0.717, 1.165) is 13.0 Å². The number of thiophene rings is 1. The summed E-state index contributed by atoms with van der Waals surface area (Å²) in [6.45, 7) is 5.42. The van der Waals surface area contributed by atoms with Gasteiger partial charge in [0.25, 0.3) is 0 Å². The lowest BCUT2D eigenvalue weighted by Crippen LogP contribution is -2.23. The van der Waals surface area contributed by atoms with Gasteiger partial charge in [-0.05, 0) is 54.3 Å². The first kappa shape index (κ1) is 13.3. The Morgan fingerprint density at radius 2 is 1.94 bits per heavy atom. The van der Waals surface area contributed by atoms with Crippen LogP contribution in [0.25, 0.3) is 0 Å². The van der Waals surface area contributed by atoms with Gasteiger partial charge in [-0.25, -0.2) is 0 Å². The van der Waals surface area contributed by atoms with Crippen LogP contribution in [-0.4, -0.2) is 6.54 Å². The first-order valence-corrected chi connectivity index (χ1v) is 7.55. The lowest BCUT2D eigenvalue weighted by atomic mass is 10.0. The number of rotatable bonds is 6. The van der Waals surface area contributed by atoms with Crippen LogP contribution in [0.2, 0.25) is 0 Å². The predicted octanol–water partition coefficient (Wildman–Crippen LogP) is 4.34. The van der Waals surface area contributed by atoms with Crippen LogP contribution in [0.3, 0.4) is 0 Å². The summed E-state index contributed by atoms with van der Waals surface area (Å²) in [5.74, 6) is 0. The molecule has 0 spiro atoms. The fourth-order valence-electron chi connectivity index (χ4n) is 2.06. The van der Waals surface area contributed by atoms with Crippen molar-refractivity contribution in [2.45, 2.75) is 32.7 Å². The Morgan fingerprint density at radius 1 is 1.17 bits per heavy atom. The van der Waals surface area contributed by atoms with Crippen molar-refractivity contribution >= 4 is 11.3 Å². The van der Waals surface area contributed by atoms with Crippen molar-refractivity contribution in [1.82, 2.24) is 5.32 Å². The monoisotopic (exact) mass is 259 g/mol. The molecule has 1 heterocycles. The molecule has 0 fully saturated rings. The van der Waals surface area contributed by atoms with Gasteiger partial charge in [0, 0.05) is 6.04 Å². The van der Waals surface area contributed by atoms with Crippen molar-refractivity contribution in [2.24, 2.45) is 0 Å². The molecule has 0 saturated carbocycles. The van der Waals surface area contributed by atoms with E-state index in [-0.39, 0.29) is 0 Å². The Hall–Kier alpha value is -1.12. The van der Waals surface area contributed by atoms with Gasteiger partial charge in [0.1, 0.15) is 0 Å². The lowest BCUT2D eigenvalue weighted by Gasteiger charge is -2.17. The molecule has 0 amide bonds. The van der Waals surface area contributed by atoms with E-state index in [2.05, 4.69) is 60.3 Å². The molecule has 1 atom stereocenters. The van der Waals surface area contributed by atoms with E-state index >= 15 is 0 Å².